The molecule has 11 heteroatoms. The van der Waals surface area contributed by atoms with Crippen LogP contribution >= 0.6 is 0 Å². The Morgan fingerprint density at radius 3 is 2.61 bits per heavy atom. The lowest BCUT2D eigenvalue weighted by atomic mass is 10.2. The Morgan fingerprint density at radius 1 is 1.03 bits per heavy atom. The largest absolute Gasteiger partial charge is 0.496 e. The van der Waals surface area contributed by atoms with Crippen LogP contribution in [0.1, 0.15) is 6.42 Å². The van der Waals surface area contributed by atoms with Crippen LogP contribution in [0.5, 0.6) is 17.2 Å². The number of hydrogen-bond donors (Lipinski definition) is 1. The van der Waals surface area contributed by atoms with Gasteiger partial charge in [-0.05, 0) is 37.2 Å². The fourth-order valence-electron chi connectivity index (χ4n) is 4.17. The van der Waals surface area contributed by atoms with Gasteiger partial charge >= 0.3 is 0 Å². The highest BCUT2D eigenvalue weighted by Crippen LogP contribution is 2.38. The summed E-state index contributed by atoms with van der Waals surface area (Å²) in [6.07, 6.45) is 0.800. The molecule has 0 saturated carbocycles. The molecule has 1 aromatic heterocycles. The summed E-state index contributed by atoms with van der Waals surface area (Å²) < 4.78 is 55.3. The van der Waals surface area contributed by atoms with Crippen LogP contribution < -0.4 is 19.5 Å². The number of oxazole rings is 1. The molecular weight excluding hydrogens is 486 g/mol. The van der Waals surface area contributed by atoms with Crippen LogP contribution in [0.2, 0.25) is 0 Å². The third-order valence-corrected chi connectivity index (χ3v) is 7.71. The van der Waals surface area contributed by atoms with Gasteiger partial charge in [0, 0.05) is 25.7 Å². The molecule has 1 N–H and O–H groups in total. The van der Waals surface area contributed by atoms with E-state index in [9.17, 15) is 8.42 Å². The van der Waals surface area contributed by atoms with Crippen molar-refractivity contribution in [3.8, 4) is 28.7 Å². The summed E-state index contributed by atoms with van der Waals surface area (Å²) in [4.78, 5) is 6.78. The molecule has 36 heavy (non-hydrogen) atoms. The third-order valence-electron chi connectivity index (χ3n) is 6.05. The molecule has 2 aromatic carbocycles. The second kappa shape index (κ2) is 10.8. The topological polar surface area (TPSA) is 112 Å². The van der Waals surface area contributed by atoms with Gasteiger partial charge in [0.1, 0.15) is 19.0 Å². The average molecular weight is 516 g/mol. The van der Waals surface area contributed by atoms with E-state index in [-0.39, 0.29) is 21.7 Å². The normalized spacial score (nSPS) is 16.0. The average Bonchev–Trinajstić information content (AvgIpc) is 3.36. The number of methoxy groups -OCH3 is 1. The number of anilines is 1. The lowest BCUT2D eigenvalue weighted by Crippen LogP contribution is -2.37. The van der Waals surface area contributed by atoms with Crippen molar-refractivity contribution in [2.45, 2.75) is 16.3 Å². The second-order valence-electron chi connectivity index (χ2n) is 8.40. The molecule has 1 fully saturated rings. The number of nitrogens with one attached hydrogen (secondary N) is 1. The highest BCUT2D eigenvalue weighted by Gasteiger charge is 2.30. The molecule has 5 rings (SSSR count). The summed E-state index contributed by atoms with van der Waals surface area (Å²) in [7, 11) is -2.50. The quantitative estimate of drug-likeness (QED) is 0.427. The molecule has 3 aromatic rings. The number of para-hydroxylation sites is 1. The zero-order valence-electron chi connectivity index (χ0n) is 20.1. The summed E-state index contributed by atoms with van der Waals surface area (Å²) in [5.74, 6) is 1.67. The van der Waals surface area contributed by atoms with Crippen molar-refractivity contribution < 1.29 is 31.8 Å². The van der Waals surface area contributed by atoms with Gasteiger partial charge in [-0.2, -0.15) is 4.98 Å². The monoisotopic (exact) mass is 515 g/mol. The zero-order chi connectivity index (χ0) is 25.0. The van der Waals surface area contributed by atoms with Crippen molar-refractivity contribution in [3.63, 3.8) is 0 Å². The van der Waals surface area contributed by atoms with Gasteiger partial charge in [0.2, 0.25) is 26.6 Å². The van der Waals surface area contributed by atoms with E-state index in [4.69, 9.17) is 23.4 Å². The maximum atomic E-state index is 13.7. The van der Waals surface area contributed by atoms with E-state index in [0.717, 1.165) is 39.3 Å². The zero-order valence-corrected chi connectivity index (χ0v) is 20.9. The smallest absolute Gasteiger partial charge is 0.233 e. The van der Waals surface area contributed by atoms with E-state index in [1.54, 1.807) is 25.3 Å². The Balaban J connectivity index is 1.44. The minimum Gasteiger partial charge on any atom is -0.496 e. The molecule has 3 heterocycles. The number of fused-ring (bicyclic) bond motifs is 1. The van der Waals surface area contributed by atoms with E-state index in [2.05, 4.69) is 15.2 Å². The lowest BCUT2D eigenvalue weighted by molar-refractivity contribution is 0.0378. The highest BCUT2D eigenvalue weighted by molar-refractivity contribution is 7.91. The van der Waals surface area contributed by atoms with Gasteiger partial charge in [-0.1, -0.05) is 12.1 Å². The van der Waals surface area contributed by atoms with Crippen molar-refractivity contribution in [2.24, 2.45) is 0 Å². The van der Waals surface area contributed by atoms with Crippen molar-refractivity contribution >= 4 is 15.7 Å². The molecule has 0 bridgehead atoms. The number of benzene rings is 2. The Kier molecular flexibility index (Phi) is 7.30. The van der Waals surface area contributed by atoms with Gasteiger partial charge in [-0.3, -0.25) is 4.90 Å². The molecule has 0 unspecified atom stereocenters. The molecule has 2 aliphatic rings. The van der Waals surface area contributed by atoms with E-state index in [1.165, 1.54) is 12.1 Å². The minimum absolute atomic E-state index is 0.0444. The van der Waals surface area contributed by atoms with Crippen LogP contribution in [0.3, 0.4) is 0 Å². The molecule has 2 aliphatic heterocycles. The summed E-state index contributed by atoms with van der Waals surface area (Å²) in [6.45, 7) is 5.41. The van der Waals surface area contributed by atoms with Gasteiger partial charge in [-0.25, -0.2) is 8.42 Å². The van der Waals surface area contributed by atoms with Gasteiger partial charge in [0.15, 0.2) is 11.5 Å². The number of morpholine rings is 1. The molecule has 0 spiro atoms. The molecule has 192 valence electrons. The van der Waals surface area contributed by atoms with Gasteiger partial charge in [0.05, 0.1) is 30.8 Å². The van der Waals surface area contributed by atoms with Crippen molar-refractivity contribution in [2.75, 3.05) is 65.0 Å². The summed E-state index contributed by atoms with van der Waals surface area (Å²) >= 11 is 0. The van der Waals surface area contributed by atoms with Crippen LogP contribution in [0.4, 0.5) is 5.88 Å². The minimum atomic E-state index is -4.04. The van der Waals surface area contributed by atoms with Crippen molar-refractivity contribution in [1.29, 1.82) is 0 Å². The molecule has 0 atom stereocenters. The number of rotatable bonds is 9. The Morgan fingerprint density at radius 2 is 1.81 bits per heavy atom. The van der Waals surface area contributed by atoms with E-state index in [0.29, 0.717) is 42.6 Å². The molecule has 1 saturated heterocycles. The fourth-order valence-corrected chi connectivity index (χ4v) is 5.46. The molecule has 0 aliphatic carbocycles. The summed E-state index contributed by atoms with van der Waals surface area (Å²) in [5, 5.41) is 2.97. The fraction of sp³-hybridized carbons (Fsp3) is 0.400. The first-order valence-corrected chi connectivity index (χ1v) is 13.4. The van der Waals surface area contributed by atoms with E-state index < -0.39 is 9.84 Å². The standard InChI is InChI=1S/C25H29N3O7S/c1-31-20-6-3-2-5-19(20)23-27-25(24(35-23)26-9-4-10-28-11-13-32-14-12-28)36(29,30)18-7-8-21-22(17-18)34-16-15-33-21/h2-3,5-8,17,26H,4,9-16H2,1H3. The third kappa shape index (κ3) is 5.13. The van der Waals surface area contributed by atoms with Crippen molar-refractivity contribution in [1.82, 2.24) is 9.88 Å². The van der Waals surface area contributed by atoms with E-state index in [1.807, 2.05) is 12.1 Å². The van der Waals surface area contributed by atoms with Crippen LogP contribution in [0.15, 0.2) is 56.8 Å². The molecule has 0 radical (unpaired) electrons. The van der Waals surface area contributed by atoms with Crippen LogP contribution in [0.25, 0.3) is 11.5 Å². The predicted octanol–water partition coefficient (Wildman–Crippen LogP) is 3.09. The van der Waals surface area contributed by atoms with Gasteiger partial charge < -0.3 is 28.7 Å². The number of hydrogen-bond acceptors (Lipinski definition) is 10. The maximum absolute atomic E-state index is 13.7. The SMILES string of the molecule is COc1ccccc1-c1nc(S(=O)(=O)c2ccc3c(c2)OCCO3)c(NCCCN2CCOCC2)o1. The maximum Gasteiger partial charge on any atom is 0.233 e. The first-order valence-electron chi connectivity index (χ1n) is 11.9. The number of nitrogens with zero attached hydrogens (tertiary/aromatic N) is 2. The van der Waals surface area contributed by atoms with Crippen LogP contribution in [0, 0.1) is 0 Å². The van der Waals surface area contributed by atoms with Gasteiger partial charge in [0.25, 0.3) is 0 Å². The Hall–Kier alpha value is -3.28. The molecular formula is C25H29N3O7S. The predicted molar refractivity (Wildman–Crippen MR) is 132 cm³/mol. The lowest BCUT2D eigenvalue weighted by Gasteiger charge is -2.26. The first-order chi connectivity index (χ1) is 17.6. The van der Waals surface area contributed by atoms with E-state index >= 15 is 0 Å². The number of ether oxygens (including phenoxy) is 4. The second-order valence-corrected chi connectivity index (χ2v) is 10.3. The number of sulfone groups is 1. The highest BCUT2D eigenvalue weighted by atomic mass is 32.2. The van der Waals surface area contributed by atoms with Crippen LogP contribution in [-0.4, -0.2) is 78.0 Å². The van der Waals surface area contributed by atoms with Gasteiger partial charge in [-0.15, -0.1) is 0 Å². The number of aromatic nitrogens is 1. The summed E-state index contributed by atoms with van der Waals surface area (Å²) in [5.41, 5.74) is 0.556. The first kappa shape index (κ1) is 24.4. The Labute approximate surface area is 210 Å². The summed E-state index contributed by atoms with van der Waals surface area (Å²) in [6, 6.07) is 11.7. The molecule has 0 amide bonds. The van der Waals surface area contributed by atoms with Crippen molar-refractivity contribution in [3.05, 3.63) is 42.5 Å². The Bertz CT molecular complexity index is 1300. The molecule has 10 nitrogen and oxygen atoms in total. The van der Waals surface area contributed by atoms with Crippen LogP contribution in [-0.2, 0) is 14.6 Å².